The lowest BCUT2D eigenvalue weighted by Crippen LogP contribution is -2.30. The minimum absolute atomic E-state index is 0.0711. The molecule has 1 aliphatic heterocycles. The molecule has 0 N–H and O–H groups in total. The summed E-state index contributed by atoms with van der Waals surface area (Å²) in [5.74, 6) is 1.12. The lowest BCUT2D eigenvalue weighted by atomic mass is 10.1. The van der Waals surface area contributed by atoms with E-state index in [1.807, 2.05) is 17.9 Å². The van der Waals surface area contributed by atoms with Crippen molar-refractivity contribution in [1.29, 1.82) is 0 Å². The molecule has 0 radical (unpaired) electrons. The van der Waals surface area contributed by atoms with E-state index in [9.17, 15) is 4.79 Å². The van der Waals surface area contributed by atoms with Crippen molar-refractivity contribution in [3.05, 3.63) is 38.7 Å². The van der Waals surface area contributed by atoms with Crippen LogP contribution in [0.2, 0.25) is 0 Å². The first-order valence-electron chi connectivity index (χ1n) is 8.81. The molecule has 0 saturated carbocycles. The van der Waals surface area contributed by atoms with Gasteiger partial charge >= 0.3 is 0 Å². The molecule has 1 atom stereocenters. The Bertz CT molecular complexity index is 968. The van der Waals surface area contributed by atoms with E-state index >= 15 is 0 Å². The van der Waals surface area contributed by atoms with Crippen molar-refractivity contribution in [2.24, 2.45) is 0 Å². The van der Waals surface area contributed by atoms with Crippen LogP contribution in [0, 0.1) is 6.92 Å². The Labute approximate surface area is 165 Å². The summed E-state index contributed by atoms with van der Waals surface area (Å²) < 4.78 is 10.6. The summed E-state index contributed by atoms with van der Waals surface area (Å²) in [5.41, 5.74) is 0.887. The zero-order valence-corrected chi connectivity index (χ0v) is 17.2. The molecule has 8 heteroatoms. The number of fused-ring (bicyclic) bond motifs is 1. The number of carbonyl (C=O) groups excluding carboxylic acids is 1. The molecule has 4 heterocycles. The van der Waals surface area contributed by atoms with Crippen LogP contribution in [0.25, 0.3) is 10.2 Å². The smallest absolute Gasteiger partial charge is 0.264 e. The van der Waals surface area contributed by atoms with Gasteiger partial charge in [0.05, 0.1) is 23.4 Å². The maximum atomic E-state index is 13.4. The second-order valence-corrected chi connectivity index (χ2v) is 8.47. The largest absolute Gasteiger partial charge is 0.480 e. The predicted molar refractivity (Wildman–Crippen MR) is 107 cm³/mol. The van der Waals surface area contributed by atoms with E-state index in [-0.39, 0.29) is 11.9 Å². The van der Waals surface area contributed by atoms with Crippen molar-refractivity contribution < 1.29 is 14.3 Å². The summed E-state index contributed by atoms with van der Waals surface area (Å²) in [4.78, 5) is 27.1. The van der Waals surface area contributed by atoms with Crippen LogP contribution in [0.5, 0.6) is 5.88 Å². The van der Waals surface area contributed by atoms with Gasteiger partial charge in [-0.05, 0) is 36.8 Å². The molecular weight excluding hydrogens is 382 g/mol. The molecule has 0 aromatic carbocycles. The van der Waals surface area contributed by atoms with E-state index in [0.29, 0.717) is 18.3 Å². The maximum Gasteiger partial charge on any atom is 0.264 e. The fraction of sp³-hybridized carbons (Fsp3) is 0.421. The maximum absolute atomic E-state index is 13.4. The SMILES string of the molecule is COCc1nc(OC)c2c(C)c(C(=O)N3CCCC3c3cccs3)sc2n1. The first kappa shape index (κ1) is 18.3. The third-order valence-corrected chi connectivity index (χ3v) is 7.00. The van der Waals surface area contributed by atoms with Crippen LogP contribution in [-0.4, -0.2) is 41.5 Å². The number of rotatable bonds is 5. The Morgan fingerprint density at radius 3 is 2.93 bits per heavy atom. The molecule has 27 heavy (non-hydrogen) atoms. The van der Waals surface area contributed by atoms with Gasteiger partial charge in [0.2, 0.25) is 5.88 Å². The summed E-state index contributed by atoms with van der Waals surface area (Å²) in [6.45, 7) is 3.04. The van der Waals surface area contributed by atoms with Crippen LogP contribution < -0.4 is 4.74 Å². The van der Waals surface area contributed by atoms with Crippen molar-refractivity contribution in [3.8, 4) is 5.88 Å². The third kappa shape index (κ3) is 3.22. The molecule has 142 valence electrons. The summed E-state index contributed by atoms with van der Waals surface area (Å²) in [5, 5.41) is 2.89. The Morgan fingerprint density at radius 2 is 2.22 bits per heavy atom. The average molecular weight is 404 g/mol. The fourth-order valence-electron chi connectivity index (χ4n) is 3.61. The zero-order chi connectivity index (χ0) is 19.0. The second kappa shape index (κ2) is 7.53. The minimum atomic E-state index is 0.0711. The van der Waals surface area contributed by atoms with Crippen LogP contribution in [0.15, 0.2) is 17.5 Å². The highest BCUT2D eigenvalue weighted by atomic mass is 32.1. The monoisotopic (exact) mass is 403 g/mol. The fourth-order valence-corrected chi connectivity index (χ4v) is 5.63. The molecule has 4 rings (SSSR count). The molecule has 0 spiro atoms. The zero-order valence-electron chi connectivity index (χ0n) is 15.5. The summed E-state index contributed by atoms with van der Waals surface area (Å²) in [7, 11) is 3.19. The van der Waals surface area contributed by atoms with Crippen molar-refractivity contribution in [2.75, 3.05) is 20.8 Å². The van der Waals surface area contributed by atoms with Gasteiger partial charge in [0, 0.05) is 18.5 Å². The quantitative estimate of drug-likeness (QED) is 0.639. The number of aromatic nitrogens is 2. The van der Waals surface area contributed by atoms with Gasteiger partial charge < -0.3 is 14.4 Å². The molecule has 0 bridgehead atoms. The predicted octanol–water partition coefficient (Wildman–Crippen LogP) is 4.19. The van der Waals surface area contributed by atoms with Gasteiger partial charge in [0.1, 0.15) is 11.4 Å². The molecule has 3 aromatic rings. The van der Waals surface area contributed by atoms with Crippen LogP contribution in [0.4, 0.5) is 0 Å². The number of carbonyl (C=O) groups is 1. The number of hydrogen-bond donors (Lipinski definition) is 0. The normalized spacial score (nSPS) is 17.0. The highest BCUT2D eigenvalue weighted by Crippen LogP contribution is 2.40. The van der Waals surface area contributed by atoms with E-state index in [1.165, 1.54) is 16.2 Å². The van der Waals surface area contributed by atoms with Crippen LogP contribution in [0.3, 0.4) is 0 Å². The van der Waals surface area contributed by atoms with Gasteiger partial charge in [0.15, 0.2) is 5.82 Å². The van der Waals surface area contributed by atoms with Gasteiger partial charge in [0.25, 0.3) is 5.91 Å². The minimum Gasteiger partial charge on any atom is -0.480 e. The van der Waals surface area contributed by atoms with Crippen LogP contribution in [-0.2, 0) is 11.3 Å². The number of hydrogen-bond acceptors (Lipinski definition) is 7. The van der Waals surface area contributed by atoms with Gasteiger partial charge in [-0.2, -0.15) is 4.98 Å². The van der Waals surface area contributed by atoms with E-state index < -0.39 is 0 Å². The van der Waals surface area contributed by atoms with Crippen molar-refractivity contribution in [3.63, 3.8) is 0 Å². The van der Waals surface area contributed by atoms with Gasteiger partial charge in [-0.25, -0.2) is 4.98 Å². The molecule has 3 aromatic heterocycles. The highest BCUT2D eigenvalue weighted by Gasteiger charge is 2.33. The van der Waals surface area contributed by atoms with Gasteiger partial charge in [-0.3, -0.25) is 4.79 Å². The number of nitrogens with zero attached hydrogens (tertiary/aromatic N) is 3. The van der Waals surface area contributed by atoms with Crippen molar-refractivity contribution in [2.45, 2.75) is 32.4 Å². The number of likely N-dealkylation sites (tertiary alicyclic amines) is 1. The Hall–Kier alpha value is -2.03. The van der Waals surface area contributed by atoms with Crippen LogP contribution >= 0.6 is 22.7 Å². The topological polar surface area (TPSA) is 64.6 Å². The van der Waals surface area contributed by atoms with Crippen LogP contribution in [0.1, 0.15) is 44.8 Å². The van der Waals surface area contributed by atoms with Crippen molar-refractivity contribution >= 4 is 38.8 Å². The van der Waals surface area contributed by atoms with Crippen molar-refractivity contribution in [1.82, 2.24) is 14.9 Å². The first-order valence-corrected chi connectivity index (χ1v) is 10.5. The number of amides is 1. The second-order valence-electron chi connectivity index (χ2n) is 6.49. The molecule has 1 amide bonds. The number of ether oxygens (including phenoxy) is 2. The Morgan fingerprint density at radius 1 is 1.37 bits per heavy atom. The number of methoxy groups -OCH3 is 2. The summed E-state index contributed by atoms with van der Waals surface area (Å²) in [6.07, 6.45) is 2.04. The van der Waals surface area contributed by atoms with E-state index in [0.717, 1.165) is 40.0 Å². The summed E-state index contributed by atoms with van der Waals surface area (Å²) in [6, 6.07) is 4.33. The molecule has 0 aliphatic carbocycles. The van der Waals surface area contributed by atoms with E-state index in [4.69, 9.17) is 9.47 Å². The molecule has 1 unspecified atom stereocenters. The van der Waals surface area contributed by atoms with Gasteiger partial charge in [-0.1, -0.05) is 6.07 Å². The lowest BCUT2D eigenvalue weighted by Gasteiger charge is -2.23. The third-order valence-electron chi connectivity index (χ3n) is 4.85. The molecule has 6 nitrogen and oxygen atoms in total. The lowest BCUT2D eigenvalue weighted by molar-refractivity contribution is 0.0742. The van der Waals surface area contributed by atoms with E-state index in [1.54, 1.807) is 25.6 Å². The molecular formula is C19H21N3O3S2. The molecule has 1 fully saturated rings. The van der Waals surface area contributed by atoms with Gasteiger partial charge in [-0.15, -0.1) is 22.7 Å². The highest BCUT2D eigenvalue weighted by molar-refractivity contribution is 7.20. The standard InChI is InChI=1S/C19H21N3O3S2/c1-11-15-17(25-3)20-14(10-24-2)21-18(15)27-16(11)19(23)22-8-4-6-12(22)13-7-5-9-26-13/h5,7,9,12H,4,6,8,10H2,1-3H3. The summed E-state index contributed by atoms with van der Waals surface area (Å²) >= 11 is 3.13. The first-order chi connectivity index (χ1) is 13.1. The molecule has 1 aliphatic rings. The Kier molecular flexibility index (Phi) is 5.12. The van der Waals surface area contributed by atoms with E-state index in [2.05, 4.69) is 21.4 Å². The molecule has 1 saturated heterocycles. The Balaban J connectivity index is 1.75. The number of aryl methyl sites for hydroxylation is 1. The number of thiophene rings is 2. The average Bonchev–Trinajstić information content (AvgIpc) is 3.40.